The van der Waals surface area contributed by atoms with Crippen LogP contribution in [0.5, 0.6) is 5.75 Å². The van der Waals surface area contributed by atoms with E-state index in [1.807, 2.05) is 45.0 Å². The Kier molecular flexibility index (Phi) is 6.78. The Hall–Kier alpha value is -2.82. The van der Waals surface area contributed by atoms with Gasteiger partial charge in [-0.05, 0) is 43.5 Å². The summed E-state index contributed by atoms with van der Waals surface area (Å²) >= 11 is 0. The molecule has 0 aromatic heterocycles. The molecule has 2 aromatic carbocycles. The van der Waals surface area contributed by atoms with Gasteiger partial charge in [0.05, 0.1) is 18.7 Å². The van der Waals surface area contributed by atoms with Gasteiger partial charge in [-0.3, -0.25) is 4.79 Å². The molecule has 26 heavy (non-hydrogen) atoms. The van der Waals surface area contributed by atoms with Crippen molar-refractivity contribution >= 4 is 11.9 Å². The summed E-state index contributed by atoms with van der Waals surface area (Å²) in [6.07, 6.45) is 0.748. The quantitative estimate of drug-likeness (QED) is 0.769. The van der Waals surface area contributed by atoms with Crippen LogP contribution in [0.3, 0.4) is 0 Å². The second kappa shape index (κ2) is 9.04. The number of carbonyl (C=O) groups is 2. The number of ether oxygens (including phenoxy) is 2. The molecular weight excluding hydrogens is 330 g/mol. The van der Waals surface area contributed by atoms with E-state index in [4.69, 9.17) is 9.47 Å². The molecule has 0 aliphatic carbocycles. The monoisotopic (exact) mass is 355 g/mol. The van der Waals surface area contributed by atoms with E-state index >= 15 is 0 Å². The second-order valence-electron chi connectivity index (χ2n) is 6.20. The van der Waals surface area contributed by atoms with E-state index in [0.29, 0.717) is 11.3 Å². The Bertz CT molecular complexity index is 768. The van der Waals surface area contributed by atoms with Crippen LogP contribution in [0.1, 0.15) is 46.4 Å². The minimum absolute atomic E-state index is 0.110. The van der Waals surface area contributed by atoms with E-state index in [0.717, 1.165) is 23.1 Å². The number of benzene rings is 2. The summed E-state index contributed by atoms with van der Waals surface area (Å²) in [5.74, 6) is -0.277. The van der Waals surface area contributed by atoms with Crippen molar-refractivity contribution in [2.45, 2.75) is 33.2 Å². The van der Waals surface area contributed by atoms with Crippen LogP contribution in [0.15, 0.2) is 42.5 Å². The van der Waals surface area contributed by atoms with Crippen LogP contribution in [-0.4, -0.2) is 25.6 Å². The van der Waals surface area contributed by atoms with Gasteiger partial charge < -0.3 is 14.8 Å². The van der Waals surface area contributed by atoms with Crippen molar-refractivity contribution in [1.29, 1.82) is 0 Å². The van der Waals surface area contributed by atoms with Crippen LogP contribution in [0, 0.1) is 13.8 Å². The van der Waals surface area contributed by atoms with Crippen molar-refractivity contribution in [3.05, 3.63) is 64.7 Å². The molecule has 0 fully saturated rings. The highest BCUT2D eigenvalue weighted by molar-refractivity contribution is 5.91. The van der Waals surface area contributed by atoms with Crippen molar-refractivity contribution in [1.82, 2.24) is 5.32 Å². The topological polar surface area (TPSA) is 64.6 Å². The van der Waals surface area contributed by atoms with Crippen LogP contribution in [0.4, 0.5) is 0 Å². The van der Waals surface area contributed by atoms with Crippen molar-refractivity contribution in [3.63, 3.8) is 0 Å². The summed E-state index contributed by atoms with van der Waals surface area (Å²) in [6.45, 7) is 5.58. The molecule has 5 heteroatoms. The lowest BCUT2D eigenvalue weighted by Crippen LogP contribution is -2.32. The molecular formula is C21H25NO4. The number of nitrogens with one attached hydrogen (secondary N) is 1. The molecule has 0 radical (unpaired) electrons. The first-order valence-corrected chi connectivity index (χ1v) is 8.62. The maximum absolute atomic E-state index is 12.2. The van der Waals surface area contributed by atoms with Gasteiger partial charge in [-0.15, -0.1) is 0 Å². The summed E-state index contributed by atoms with van der Waals surface area (Å²) in [4.78, 5) is 24.3. The Morgan fingerprint density at radius 1 is 1.08 bits per heavy atom. The molecule has 2 rings (SSSR count). The standard InChI is InChI=1S/C21H25NO4/c1-5-18(16-9-6-14(2)7-10-16)22-20(23)13-26-21(24)17-11-8-15(3)19(12-17)25-4/h6-12,18H,5,13H2,1-4H3,(H,22,23)/t18-/m0/s1. The summed E-state index contributed by atoms with van der Waals surface area (Å²) < 4.78 is 10.3. The smallest absolute Gasteiger partial charge is 0.338 e. The average Bonchev–Trinajstić information content (AvgIpc) is 2.65. The third-order valence-corrected chi connectivity index (χ3v) is 4.20. The van der Waals surface area contributed by atoms with Crippen molar-refractivity contribution in [3.8, 4) is 5.75 Å². The van der Waals surface area contributed by atoms with Gasteiger partial charge in [0.1, 0.15) is 5.75 Å². The molecule has 0 bridgehead atoms. The van der Waals surface area contributed by atoms with Crippen LogP contribution in [0.25, 0.3) is 0 Å². The van der Waals surface area contributed by atoms with Gasteiger partial charge in [-0.25, -0.2) is 4.79 Å². The van der Waals surface area contributed by atoms with E-state index in [2.05, 4.69) is 5.32 Å². The number of aryl methyl sites for hydroxylation is 2. The average molecular weight is 355 g/mol. The minimum atomic E-state index is -0.554. The first-order valence-electron chi connectivity index (χ1n) is 8.62. The summed E-state index contributed by atoms with van der Waals surface area (Å²) in [5.41, 5.74) is 3.47. The molecule has 0 unspecified atom stereocenters. The largest absolute Gasteiger partial charge is 0.496 e. The van der Waals surface area contributed by atoms with Gasteiger partial charge in [0, 0.05) is 0 Å². The SMILES string of the molecule is CC[C@H](NC(=O)COC(=O)c1ccc(C)c(OC)c1)c1ccc(C)cc1. The van der Waals surface area contributed by atoms with Gasteiger partial charge in [-0.1, -0.05) is 42.8 Å². The Morgan fingerprint density at radius 3 is 2.38 bits per heavy atom. The Balaban J connectivity index is 1.93. The summed E-state index contributed by atoms with van der Waals surface area (Å²) in [5, 5.41) is 2.90. The van der Waals surface area contributed by atoms with E-state index in [1.54, 1.807) is 25.3 Å². The van der Waals surface area contributed by atoms with Crippen LogP contribution in [-0.2, 0) is 9.53 Å². The number of hydrogen-bond acceptors (Lipinski definition) is 4. The van der Waals surface area contributed by atoms with Crippen molar-refractivity contribution < 1.29 is 19.1 Å². The lowest BCUT2D eigenvalue weighted by atomic mass is 10.0. The van der Waals surface area contributed by atoms with E-state index in [-0.39, 0.29) is 18.6 Å². The van der Waals surface area contributed by atoms with Crippen LogP contribution < -0.4 is 10.1 Å². The second-order valence-corrected chi connectivity index (χ2v) is 6.20. The number of amides is 1. The fraction of sp³-hybridized carbons (Fsp3) is 0.333. The zero-order valence-corrected chi connectivity index (χ0v) is 15.7. The fourth-order valence-electron chi connectivity index (χ4n) is 2.62. The predicted molar refractivity (Wildman–Crippen MR) is 100 cm³/mol. The minimum Gasteiger partial charge on any atom is -0.496 e. The van der Waals surface area contributed by atoms with Gasteiger partial charge in [0.25, 0.3) is 5.91 Å². The Labute approximate surface area is 154 Å². The van der Waals surface area contributed by atoms with Crippen molar-refractivity contribution in [2.75, 3.05) is 13.7 Å². The maximum Gasteiger partial charge on any atom is 0.338 e. The molecule has 1 amide bonds. The van der Waals surface area contributed by atoms with E-state index in [9.17, 15) is 9.59 Å². The molecule has 0 aliphatic rings. The molecule has 5 nitrogen and oxygen atoms in total. The van der Waals surface area contributed by atoms with Crippen LogP contribution >= 0.6 is 0 Å². The molecule has 138 valence electrons. The van der Waals surface area contributed by atoms with Crippen molar-refractivity contribution in [2.24, 2.45) is 0 Å². The molecule has 0 aliphatic heterocycles. The molecule has 1 N–H and O–H groups in total. The van der Waals surface area contributed by atoms with Gasteiger partial charge in [0.2, 0.25) is 0 Å². The van der Waals surface area contributed by atoms with Gasteiger partial charge in [0.15, 0.2) is 6.61 Å². The van der Waals surface area contributed by atoms with E-state index < -0.39 is 5.97 Å². The lowest BCUT2D eigenvalue weighted by Gasteiger charge is -2.17. The maximum atomic E-state index is 12.2. The number of rotatable bonds is 7. The summed E-state index contributed by atoms with van der Waals surface area (Å²) in [6, 6.07) is 12.9. The third-order valence-electron chi connectivity index (χ3n) is 4.20. The van der Waals surface area contributed by atoms with Crippen LogP contribution in [0.2, 0.25) is 0 Å². The first kappa shape index (κ1) is 19.5. The number of carbonyl (C=O) groups excluding carboxylic acids is 2. The highest BCUT2D eigenvalue weighted by Gasteiger charge is 2.15. The Morgan fingerprint density at radius 2 is 1.77 bits per heavy atom. The molecule has 2 aromatic rings. The number of methoxy groups -OCH3 is 1. The highest BCUT2D eigenvalue weighted by Crippen LogP contribution is 2.20. The summed E-state index contributed by atoms with van der Waals surface area (Å²) in [7, 11) is 1.54. The molecule has 1 atom stereocenters. The zero-order chi connectivity index (χ0) is 19.1. The number of hydrogen-bond donors (Lipinski definition) is 1. The molecule has 0 saturated carbocycles. The number of esters is 1. The molecule has 0 saturated heterocycles. The van der Waals surface area contributed by atoms with Gasteiger partial charge in [-0.2, -0.15) is 0 Å². The lowest BCUT2D eigenvalue weighted by molar-refractivity contribution is -0.125. The zero-order valence-electron chi connectivity index (χ0n) is 15.7. The molecule has 0 spiro atoms. The van der Waals surface area contributed by atoms with E-state index in [1.165, 1.54) is 0 Å². The predicted octanol–water partition coefficient (Wildman–Crippen LogP) is 3.74. The van der Waals surface area contributed by atoms with Gasteiger partial charge >= 0.3 is 5.97 Å². The highest BCUT2D eigenvalue weighted by atomic mass is 16.5. The third kappa shape index (κ3) is 5.09. The normalized spacial score (nSPS) is 11.5. The molecule has 0 heterocycles. The first-order chi connectivity index (χ1) is 12.4. The fourth-order valence-corrected chi connectivity index (χ4v) is 2.62.